The van der Waals surface area contributed by atoms with Gasteiger partial charge in [0.25, 0.3) is 0 Å². The zero-order chi connectivity index (χ0) is 29.5. The molecule has 1 aliphatic rings. The van der Waals surface area contributed by atoms with Crippen LogP contribution >= 0.6 is 12.4 Å². The van der Waals surface area contributed by atoms with Crippen molar-refractivity contribution in [1.82, 2.24) is 14.8 Å². The molecule has 228 valence electrons. The summed E-state index contributed by atoms with van der Waals surface area (Å²) in [6.07, 6.45) is 3.74. The molecule has 1 aliphatic heterocycles. The van der Waals surface area contributed by atoms with Gasteiger partial charge in [-0.25, -0.2) is 0 Å². The average molecular weight is 602 g/mol. The number of halogens is 1. The molecule has 1 aromatic heterocycles. The Morgan fingerprint density at radius 1 is 0.884 bits per heavy atom. The number of amides is 2. The molecule has 1 atom stereocenters. The Morgan fingerprint density at radius 3 is 2.40 bits per heavy atom. The number of benzene rings is 3. The van der Waals surface area contributed by atoms with Crippen LogP contribution in [-0.2, 0) is 29.1 Å². The first-order valence-corrected chi connectivity index (χ1v) is 15.1. The van der Waals surface area contributed by atoms with Crippen molar-refractivity contribution in [2.75, 3.05) is 31.1 Å². The number of aromatic amines is 1. The third kappa shape index (κ3) is 8.25. The maximum atomic E-state index is 14.0. The Hall–Kier alpha value is -3.65. The van der Waals surface area contributed by atoms with E-state index in [1.54, 1.807) is 0 Å². The van der Waals surface area contributed by atoms with E-state index in [1.807, 2.05) is 64.5 Å². The smallest absolute Gasteiger partial charge is 0.240 e. The van der Waals surface area contributed by atoms with Crippen molar-refractivity contribution in [3.05, 3.63) is 102 Å². The number of rotatable bonds is 7. The van der Waals surface area contributed by atoms with E-state index in [-0.39, 0.29) is 30.1 Å². The fraction of sp³-hybridized carbons (Fsp3) is 0.371. The topological polar surface area (TPSA) is 85.7 Å². The van der Waals surface area contributed by atoms with Gasteiger partial charge in [0.15, 0.2) is 0 Å². The maximum Gasteiger partial charge on any atom is 0.240 e. The van der Waals surface area contributed by atoms with Crippen LogP contribution in [0.15, 0.2) is 85.1 Å². The van der Waals surface area contributed by atoms with E-state index < -0.39 is 6.04 Å². The lowest BCUT2D eigenvalue weighted by atomic mass is 10.0. The first kappa shape index (κ1) is 32.3. The molecular weight excluding hydrogens is 558 g/mol. The van der Waals surface area contributed by atoms with Crippen molar-refractivity contribution in [2.24, 2.45) is 11.7 Å². The molecule has 0 saturated carbocycles. The second-order valence-corrected chi connectivity index (χ2v) is 11.8. The molecule has 4 aromatic rings. The summed E-state index contributed by atoms with van der Waals surface area (Å²) in [5.74, 6) is 0.312. The minimum absolute atomic E-state index is 0. The van der Waals surface area contributed by atoms with Crippen LogP contribution in [0.3, 0.4) is 0 Å². The lowest BCUT2D eigenvalue weighted by Gasteiger charge is -2.30. The Kier molecular flexibility index (Phi) is 11.4. The molecule has 43 heavy (non-hydrogen) atoms. The Balaban J connectivity index is 0.00000423. The van der Waals surface area contributed by atoms with Gasteiger partial charge in [-0.2, -0.15) is 0 Å². The predicted octanol–water partition coefficient (Wildman–Crippen LogP) is 5.77. The second-order valence-electron chi connectivity index (χ2n) is 11.8. The van der Waals surface area contributed by atoms with E-state index in [2.05, 4.69) is 54.1 Å². The summed E-state index contributed by atoms with van der Waals surface area (Å²) >= 11 is 0. The summed E-state index contributed by atoms with van der Waals surface area (Å²) in [5.41, 5.74) is 11.8. The normalized spacial score (nSPS) is 15.4. The van der Waals surface area contributed by atoms with E-state index in [0.29, 0.717) is 32.5 Å². The largest absolute Gasteiger partial charge is 0.361 e. The van der Waals surface area contributed by atoms with Crippen molar-refractivity contribution in [2.45, 2.75) is 52.2 Å². The number of hydrogen-bond acceptors (Lipinski definition) is 4. The quantitative estimate of drug-likeness (QED) is 0.281. The van der Waals surface area contributed by atoms with Crippen LogP contribution in [0.1, 0.15) is 43.4 Å². The highest BCUT2D eigenvalue weighted by Crippen LogP contribution is 2.26. The van der Waals surface area contributed by atoms with Gasteiger partial charge in [0.1, 0.15) is 0 Å². The molecule has 0 bridgehead atoms. The molecule has 0 unspecified atom stereocenters. The first-order chi connectivity index (χ1) is 20.4. The number of hydrogen-bond donors (Lipinski definition) is 2. The minimum Gasteiger partial charge on any atom is -0.361 e. The van der Waals surface area contributed by atoms with E-state index in [4.69, 9.17) is 5.73 Å². The van der Waals surface area contributed by atoms with Gasteiger partial charge in [0, 0.05) is 68.5 Å². The van der Waals surface area contributed by atoms with Gasteiger partial charge >= 0.3 is 0 Å². The fourth-order valence-electron chi connectivity index (χ4n) is 5.90. The summed E-state index contributed by atoms with van der Waals surface area (Å²) < 4.78 is 0. The molecule has 2 amide bonds. The number of nitrogens with zero attached hydrogens (tertiary/aromatic N) is 3. The average Bonchev–Trinajstić information content (AvgIpc) is 3.38. The zero-order valence-corrected chi connectivity index (χ0v) is 26.1. The van der Waals surface area contributed by atoms with Crippen molar-refractivity contribution in [1.29, 1.82) is 0 Å². The van der Waals surface area contributed by atoms with E-state index in [0.717, 1.165) is 53.8 Å². The SMILES string of the molecule is CC(C)CC(=O)N1CCCN(Cc2ccccc2)CCN(C(=O)[C@H](N)Cc2c[nH]c3ccccc23)Cc2ccccc21.Cl. The molecule has 0 aliphatic carbocycles. The number of nitrogens with two attached hydrogens (primary N) is 1. The van der Waals surface area contributed by atoms with Crippen molar-refractivity contribution in [3.63, 3.8) is 0 Å². The summed E-state index contributed by atoms with van der Waals surface area (Å²) in [6.45, 7) is 8.09. The molecule has 0 spiro atoms. The summed E-state index contributed by atoms with van der Waals surface area (Å²) in [6, 6.07) is 25.9. The molecule has 5 rings (SSSR count). The van der Waals surface area contributed by atoms with Crippen LogP contribution in [-0.4, -0.2) is 58.8 Å². The van der Waals surface area contributed by atoms with Crippen LogP contribution in [0.25, 0.3) is 10.9 Å². The standard InChI is InChI=1S/C35H43N5O2.ClH/c1-26(2)21-34(41)40-18-10-17-38(24-27-11-4-3-5-12-27)19-20-39(25-28-13-6-9-16-33(28)40)35(42)31(36)22-29-23-37-32-15-8-7-14-30(29)32;/h3-9,11-16,23,26,31,37H,10,17-22,24-25,36H2,1-2H3;1H/t31-;/m1./s1. The molecule has 0 radical (unpaired) electrons. The summed E-state index contributed by atoms with van der Waals surface area (Å²) in [4.78, 5) is 37.1. The zero-order valence-electron chi connectivity index (χ0n) is 25.2. The monoisotopic (exact) mass is 601 g/mol. The first-order valence-electron chi connectivity index (χ1n) is 15.1. The number of carbonyl (C=O) groups is 2. The number of carbonyl (C=O) groups excluding carboxylic acids is 2. The summed E-state index contributed by atoms with van der Waals surface area (Å²) in [5, 5.41) is 1.09. The van der Waals surface area contributed by atoms with Gasteiger partial charge in [-0.1, -0.05) is 80.6 Å². The van der Waals surface area contributed by atoms with Gasteiger partial charge in [0.2, 0.25) is 11.8 Å². The molecule has 8 heteroatoms. The third-order valence-electron chi connectivity index (χ3n) is 8.06. The molecule has 0 saturated heterocycles. The van der Waals surface area contributed by atoms with E-state index in [9.17, 15) is 9.59 Å². The van der Waals surface area contributed by atoms with Crippen LogP contribution in [0.4, 0.5) is 5.69 Å². The molecule has 7 nitrogen and oxygen atoms in total. The van der Waals surface area contributed by atoms with Crippen molar-refractivity contribution >= 4 is 40.8 Å². The van der Waals surface area contributed by atoms with Gasteiger partial charge in [-0.05, 0) is 47.6 Å². The van der Waals surface area contributed by atoms with E-state index >= 15 is 0 Å². The maximum absolute atomic E-state index is 14.0. The molecule has 0 fully saturated rings. The number of nitrogens with one attached hydrogen (secondary N) is 1. The van der Waals surface area contributed by atoms with Gasteiger partial charge in [-0.3, -0.25) is 14.5 Å². The third-order valence-corrected chi connectivity index (χ3v) is 8.06. The van der Waals surface area contributed by atoms with Crippen molar-refractivity contribution < 1.29 is 9.59 Å². The number of fused-ring (bicyclic) bond motifs is 2. The highest BCUT2D eigenvalue weighted by molar-refractivity contribution is 5.94. The lowest BCUT2D eigenvalue weighted by molar-refractivity contribution is -0.133. The van der Waals surface area contributed by atoms with Crippen LogP contribution in [0.5, 0.6) is 0 Å². The number of anilines is 1. The number of H-pyrrole nitrogens is 1. The second kappa shape index (κ2) is 15.2. The van der Waals surface area contributed by atoms with Crippen LogP contribution in [0, 0.1) is 5.92 Å². The highest BCUT2D eigenvalue weighted by atomic mass is 35.5. The highest BCUT2D eigenvalue weighted by Gasteiger charge is 2.27. The Bertz CT molecular complexity index is 1490. The predicted molar refractivity (Wildman–Crippen MR) is 177 cm³/mol. The fourth-order valence-corrected chi connectivity index (χ4v) is 5.90. The van der Waals surface area contributed by atoms with Gasteiger partial charge in [0.05, 0.1) is 6.04 Å². The Labute approximate surface area is 261 Å². The lowest BCUT2D eigenvalue weighted by Crippen LogP contribution is -2.47. The van der Waals surface area contributed by atoms with Crippen molar-refractivity contribution in [3.8, 4) is 0 Å². The molecule has 2 heterocycles. The number of para-hydroxylation sites is 2. The van der Waals surface area contributed by atoms with E-state index in [1.165, 1.54) is 5.56 Å². The molecule has 3 N–H and O–H groups in total. The number of aromatic nitrogens is 1. The molecular formula is C35H44ClN5O2. The molecule has 3 aromatic carbocycles. The van der Waals surface area contributed by atoms with Gasteiger partial charge < -0.3 is 20.5 Å². The Morgan fingerprint density at radius 2 is 1.60 bits per heavy atom. The van der Waals surface area contributed by atoms with Crippen LogP contribution < -0.4 is 10.6 Å². The summed E-state index contributed by atoms with van der Waals surface area (Å²) in [7, 11) is 0. The minimum atomic E-state index is -0.678. The van der Waals surface area contributed by atoms with Gasteiger partial charge in [-0.15, -0.1) is 12.4 Å². The van der Waals surface area contributed by atoms with Crippen LogP contribution in [0.2, 0.25) is 0 Å².